The quantitative estimate of drug-likeness (QED) is 0.405. The summed E-state index contributed by atoms with van der Waals surface area (Å²) in [5.41, 5.74) is 0.680. The molecule has 0 saturated heterocycles. The van der Waals surface area contributed by atoms with Crippen LogP contribution in [0.4, 0.5) is 0 Å². The molecule has 20 heavy (non-hydrogen) atoms. The van der Waals surface area contributed by atoms with Gasteiger partial charge in [0.25, 0.3) is 0 Å². The molecule has 108 valence electrons. The first-order chi connectivity index (χ1) is 9.62. The predicted molar refractivity (Wildman–Crippen MR) is 86.3 cm³/mol. The number of carbonyl (C=O) groups is 1. The Bertz CT molecular complexity index is 449. The lowest BCUT2D eigenvalue weighted by Crippen LogP contribution is -2.42. The van der Waals surface area contributed by atoms with Crippen LogP contribution in [0.25, 0.3) is 0 Å². The summed E-state index contributed by atoms with van der Waals surface area (Å²) in [7, 11) is -1.83. The van der Waals surface area contributed by atoms with Crippen LogP contribution in [-0.2, 0) is 4.43 Å². The first kappa shape index (κ1) is 16.7. The smallest absolute Gasteiger partial charge is 0.193 e. The van der Waals surface area contributed by atoms with Gasteiger partial charge in [0.15, 0.2) is 14.1 Å². The van der Waals surface area contributed by atoms with Crippen molar-refractivity contribution in [2.75, 3.05) is 0 Å². The largest absolute Gasteiger partial charge is 0.406 e. The van der Waals surface area contributed by atoms with E-state index in [0.29, 0.717) is 12.0 Å². The van der Waals surface area contributed by atoms with Crippen LogP contribution in [0.3, 0.4) is 0 Å². The van der Waals surface area contributed by atoms with E-state index in [1.807, 2.05) is 30.3 Å². The van der Waals surface area contributed by atoms with Gasteiger partial charge in [0.2, 0.25) is 0 Å². The fourth-order valence-electron chi connectivity index (χ4n) is 2.39. The number of benzene rings is 1. The minimum atomic E-state index is -1.83. The van der Waals surface area contributed by atoms with Crippen LogP contribution in [0, 0.1) is 12.3 Å². The predicted octanol–water partition coefficient (Wildman–Crippen LogP) is 4.28. The molecule has 1 rings (SSSR count). The molecule has 0 amide bonds. The summed E-state index contributed by atoms with van der Waals surface area (Å²) >= 11 is 0. The molecular formula is C17H24O2Si. The Labute approximate surface area is 123 Å². The summed E-state index contributed by atoms with van der Waals surface area (Å²) in [6, 6.07) is 12.3. The van der Waals surface area contributed by atoms with Crippen molar-refractivity contribution in [3.05, 3.63) is 35.9 Å². The monoisotopic (exact) mass is 288 g/mol. The number of hydrogen-bond acceptors (Lipinski definition) is 2. The van der Waals surface area contributed by atoms with Crippen LogP contribution >= 0.6 is 0 Å². The molecule has 1 aromatic carbocycles. The van der Waals surface area contributed by atoms with Crippen molar-refractivity contribution in [2.45, 2.75) is 51.4 Å². The van der Waals surface area contributed by atoms with Crippen LogP contribution in [0.5, 0.6) is 0 Å². The summed E-state index contributed by atoms with van der Waals surface area (Å²) in [5.74, 6) is 2.60. The first-order valence-electron chi connectivity index (χ1n) is 7.33. The van der Waals surface area contributed by atoms with E-state index in [2.05, 4.69) is 26.7 Å². The Morgan fingerprint density at radius 2 is 1.75 bits per heavy atom. The van der Waals surface area contributed by atoms with Gasteiger partial charge in [-0.15, -0.1) is 12.3 Å². The number of carbonyl (C=O) groups excluding carboxylic acids is 1. The average molecular weight is 288 g/mol. The molecule has 0 spiro atoms. The lowest BCUT2D eigenvalue weighted by molar-refractivity contribution is 0.0780. The lowest BCUT2D eigenvalue weighted by Gasteiger charge is -2.32. The molecular weight excluding hydrogens is 264 g/mol. The minimum absolute atomic E-state index is 0.00998. The number of Topliss-reactive ketones (excluding diaryl/α,β-unsaturated/α-hetero) is 1. The molecule has 0 saturated carbocycles. The second-order valence-electron chi connectivity index (χ2n) is 4.99. The van der Waals surface area contributed by atoms with Gasteiger partial charge in [-0.25, -0.2) is 0 Å². The minimum Gasteiger partial charge on any atom is -0.406 e. The van der Waals surface area contributed by atoms with Crippen molar-refractivity contribution in [3.63, 3.8) is 0 Å². The zero-order valence-electron chi connectivity index (χ0n) is 12.7. The molecule has 1 aromatic rings. The summed E-state index contributed by atoms with van der Waals surface area (Å²) in [6.45, 7) is 6.46. The van der Waals surface area contributed by atoms with Crippen molar-refractivity contribution in [1.82, 2.24) is 0 Å². The summed E-state index contributed by atoms with van der Waals surface area (Å²) in [6.07, 6.45) is 5.28. The Kier molecular flexibility index (Phi) is 6.70. The van der Waals surface area contributed by atoms with Gasteiger partial charge in [-0.1, -0.05) is 51.1 Å². The molecule has 0 radical (unpaired) electrons. The second kappa shape index (κ2) is 8.03. The van der Waals surface area contributed by atoms with Crippen molar-refractivity contribution >= 4 is 14.1 Å². The molecule has 0 aliphatic carbocycles. The third-order valence-corrected chi connectivity index (χ3v) is 8.63. The molecule has 0 aliphatic heterocycles. The van der Waals surface area contributed by atoms with Gasteiger partial charge in [-0.3, -0.25) is 4.79 Å². The Morgan fingerprint density at radius 3 is 2.20 bits per heavy atom. The van der Waals surface area contributed by atoms with E-state index in [9.17, 15) is 4.79 Å². The van der Waals surface area contributed by atoms with Gasteiger partial charge in [-0.2, -0.15) is 0 Å². The van der Waals surface area contributed by atoms with Crippen LogP contribution in [0.1, 0.15) is 37.6 Å². The number of ketones is 1. The molecule has 0 bridgehead atoms. The van der Waals surface area contributed by atoms with E-state index in [4.69, 9.17) is 10.8 Å². The first-order valence-corrected chi connectivity index (χ1v) is 9.86. The highest BCUT2D eigenvalue weighted by atomic mass is 28.4. The zero-order chi connectivity index (χ0) is 15.0. The van der Waals surface area contributed by atoms with Crippen LogP contribution in [0.2, 0.25) is 18.1 Å². The highest BCUT2D eigenvalue weighted by Crippen LogP contribution is 2.25. The molecule has 0 aromatic heterocycles. The molecule has 0 heterocycles. The maximum Gasteiger partial charge on any atom is 0.193 e. The fourth-order valence-corrected chi connectivity index (χ4v) is 5.18. The standard InChI is InChI=1S/C17H24O2Si/c1-5-12-16(19-20(6-2,7-3)8-4)17(18)15-13-10-9-11-14-15/h1,9-11,13-14,16H,6-8,12H2,2-4H3. The van der Waals surface area contributed by atoms with Gasteiger partial charge < -0.3 is 4.43 Å². The molecule has 1 unspecified atom stereocenters. The third kappa shape index (κ3) is 4.06. The van der Waals surface area contributed by atoms with E-state index in [0.717, 1.165) is 18.1 Å². The Morgan fingerprint density at radius 1 is 1.20 bits per heavy atom. The van der Waals surface area contributed by atoms with Gasteiger partial charge in [0, 0.05) is 12.0 Å². The van der Waals surface area contributed by atoms with Gasteiger partial charge >= 0.3 is 0 Å². The highest BCUT2D eigenvalue weighted by molar-refractivity contribution is 6.73. The topological polar surface area (TPSA) is 26.3 Å². The number of hydrogen-bond donors (Lipinski definition) is 0. The Hall–Kier alpha value is -1.37. The van der Waals surface area contributed by atoms with Gasteiger partial charge in [0.1, 0.15) is 6.10 Å². The molecule has 2 nitrogen and oxygen atoms in total. The van der Waals surface area contributed by atoms with Gasteiger partial charge in [-0.05, 0) is 18.1 Å². The maximum absolute atomic E-state index is 12.6. The molecule has 0 N–H and O–H groups in total. The van der Waals surface area contributed by atoms with Crippen molar-refractivity contribution in [3.8, 4) is 12.3 Å². The van der Waals surface area contributed by atoms with Crippen LogP contribution in [0.15, 0.2) is 30.3 Å². The van der Waals surface area contributed by atoms with E-state index in [-0.39, 0.29) is 5.78 Å². The number of terminal acetylenes is 1. The van der Waals surface area contributed by atoms with Crippen molar-refractivity contribution < 1.29 is 9.22 Å². The molecule has 1 atom stereocenters. The number of rotatable bonds is 8. The van der Waals surface area contributed by atoms with E-state index in [1.165, 1.54) is 0 Å². The maximum atomic E-state index is 12.6. The van der Waals surface area contributed by atoms with Crippen LogP contribution < -0.4 is 0 Å². The third-order valence-electron chi connectivity index (χ3n) is 3.98. The van der Waals surface area contributed by atoms with E-state index < -0.39 is 14.4 Å². The zero-order valence-corrected chi connectivity index (χ0v) is 13.7. The summed E-state index contributed by atoms with van der Waals surface area (Å²) in [4.78, 5) is 12.6. The second-order valence-corrected chi connectivity index (χ2v) is 9.71. The fraction of sp³-hybridized carbons (Fsp3) is 0.471. The van der Waals surface area contributed by atoms with E-state index >= 15 is 0 Å². The summed E-state index contributed by atoms with van der Waals surface area (Å²) < 4.78 is 6.29. The summed E-state index contributed by atoms with van der Waals surface area (Å²) in [5, 5.41) is 0. The van der Waals surface area contributed by atoms with E-state index in [1.54, 1.807) is 0 Å². The molecule has 0 fully saturated rings. The lowest BCUT2D eigenvalue weighted by atomic mass is 10.0. The SMILES string of the molecule is C#CCC(O[Si](CC)(CC)CC)C(=O)c1ccccc1. The van der Waals surface area contributed by atoms with Crippen LogP contribution in [-0.4, -0.2) is 20.2 Å². The highest BCUT2D eigenvalue weighted by Gasteiger charge is 2.34. The molecule has 0 aliphatic rings. The Balaban J connectivity index is 2.95. The average Bonchev–Trinajstić information content (AvgIpc) is 2.52. The normalized spacial score (nSPS) is 12.7. The van der Waals surface area contributed by atoms with Crippen molar-refractivity contribution in [2.24, 2.45) is 0 Å². The molecule has 3 heteroatoms. The van der Waals surface area contributed by atoms with Gasteiger partial charge in [0.05, 0.1) is 0 Å². The van der Waals surface area contributed by atoms with Crippen molar-refractivity contribution in [1.29, 1.82) is 0 Å².